The fourth-order valence-electron chi connectivity index (χ4n) is 2.43. The van der Waals surface area contributed by atoms with E-state index in [-0.39, 0.29) is 30.5 Å². The molecule has 3 aromatic rings. The van der Waals surface area contributed by atoms with Crippen LogP contribution < -0.4 is 16.2 Å². The summed E-state index contributed by atoms with van der Waals surface area (Å²) in [6.07, 6.45) is 1.42. The van der Waals surface area contributed by atoms with Gasteiger partial charge >= 0.3 is 11.2 Å². The van der Waals surface area contributed by atoms with Gasteiger partial charge in [-0.2, -0.15) is 0 Å². The van der Waals surface area contributed by atoms with Crippen LogP contribution in [0.3, 0.4) is 0 Å². The molecular weight excluding hydrogens is 418 g/mol. The first-order valence-electron chi connectivity index (χ1n) is 7.91. The molecule has 0 bridgehead atoms. The number of hydrogen-bond donors (Lipinski definition) is 2. The van der Waals surface area contributed by atoms with Gasteiger partial charge < -0.3 is 10.6 Å². The maximum absolute atomic E-state index is 12.3. The molecule has 0 aliphatic carbocycles. The number of nitrogens with zero attached hydrogens (tertiary/aromatic N) is 3. The Balaban J connectivity index is 1.70. The first-order valence-corrected chi connectivity index (χ1v) is 8.70. The molecule has 2 heterocycles. The van der Waals surface area contributed by atoms with Crippen molar-refractivity contribution in [3.05, 3.63) is 79.2 Å². The molecule has 138 valence electrons. The molecule has 3 rings (SSSR count). The number of benzene rings is 1. The van der Waals surface area contributed by atoms with E-state index >= 15 is 0 Å². The highest BCUT2D eigenvalue weighted by Gasteiger charge is 2.23. The lowest BCUT2D eigenvalue weighted by molar-refractivity contribution is -0.385. The topological polar surface area (TPSA) is 119 Å². The summed E-state index contributed by atoms with van der Waals surface area (Å²) in [5.41, 5.74) is -0.634. The summed E-state index contributed by atoms with van der Waals surface area (Å²) in [7, 11) is 0. The minimum absolute atomic E-state index is 0.130. The van der Waals surface area contributed by atoms with Crippen molar-refractivity contribution in [3.8, 4) is 0 Å². The van der Waals surface area contributed by atoms with Crippen LogP contribution >= 0.6 is 15.9 Å². The molecule has 1 aromatic carbocycles. The van der Waals surface area contributed by atoms with Gasteiger partial charge in [-0.15, -0.1) is 0 Å². The fraction of sp³-hybridized carbons (Fsp3) is 0.118. The molecule has 0 saturated heterocycles. The van der Waals surface area contributed by atoms with Gasteiger partial charge in [-0.3, -0.25) is 24.1 Å². The standard InChI is InChI=1S/C17H14BrN5O4/c18-12-6-4-11(5-7-12)16(24)20-9-8-19-15-14(23(26)27)17(25)22-10-2-1-3-13(22)21-15/h1-7,10,19H,8-9H2,(H,20,24). The van der Waals surface area contributed by atoms with Crippen molar-refractivity contribution in [2.45, 2.75) is 0 Å². The Morgan fingerprint density at radius 3 is 2.63 bits per heavy atom. The summed E-state index contributed by atoms with van der Waals surface area (Å²) in [5, 5.41) is 16.7. The SMILES string of the molecule is O=C(NCCNc1nc2ccccn2c(=O)c1[N+](=O)[O-])c1ccc(Br)cc1. The third-order valence-electron chi connectivity index (χ3n) is 3.70. The molecule has 0 unspecified atom stereocenters. The van der Waals surface area contributed by atoms with Gasteiger partial charge in [0.2, 0.25) is 5.82 Å². The Morgan fingerprint density at radius 2 is 1.93 bits per heavy atom. The number of amides is 1. The molecule has 0 fully saturated rings. The Labute approximate surface area is 161 Å². The van der Waals surface area contributed by atoms with E-state index in [1.807, 2.05) is 0 Å². The number of rotatable bonds is 6. The normalized spacial score (nSPS) is 10.6. The second-order valence-corrected chi connectivity index (χ2v) is 6.41. The number of nitro groups is 1. The van der Waals surface area contributed by atoms with Crippen LogP contribution in [0.4, 0.5) is 11.5 Å². The van der Waals surface area contributed by atoms with E-state index in [4.69, 9.17) is 0 Å². The number of carbonyl (C=O) groups is 1. The van der Waals surface area contributed by atoms with E-state index in [1.54, 1.807) is 42.5 Å². The number of hydrogen-bond acceptors (Lipinski definition) is 6. The highest BCUT2D eigenvalue weighted by atomic mass is 79.9. The minimum Gasteiger partial charge on any atom is -0.362 e. The van der Waals surface area contributed by atoms with Crippen molar-refractivity contribution < 1.29 is 9.72 Å². The lowest BCUT2D eigenvalue weighted by Crippen LogP contribution is -2.29. The highest BCUT2D eigenvalue weighted by Crippen LogP contribution is 2.17. The number of fused-ring (bicyclic) bond motifs is 1. The van der Waals surface area contributed by atoms with E-state index in [2.05, 4.69) is 31.5 Å². The van der Waals surface area contributed by atoms with Gasteiger partial charge in [-0.25, -0.2) is 4.98 Å². The summed E-state index contributed by atoms with van der Waals surface area (Å²) in [6, 6.07) is 11.7. The molecule has 0 spiro atoms. The zero-order valence-electron chi connectivity index (χ0n) is 13.9. The third-order valence-corrected chi connectivity index (χ3v) is 4.23. The van der Waals surface area contributed by atoms with Crippen LogP contribution in [-0.4, -0.2) is 33.3 Å². The molecule has 1 amide bonds. The number of aromatic nitrogens is 2. The van der Waals surface area contributed by atoms with Gasteiger partial charge in [0.05, 0.1) is 4.92 Å². The Kier molecular flexibility index (Phi) is 5.46. The molecule has 27 heavy (non-hydrogen) atoms. The number of halogens is 1. The van der Waals surface area contributed by atoms with Gasteiger partial charge in [-0.05, 0) is 36.4 Å². The summed E-state index contributed by atoms with van der Waals surface area (Å²) < 4.78 is 1.97. The Bertz CT molecular complexity index is 1070. The number of nitrogens with one attached hydrogen (secondary N) is 2. The van der Waals surface area contributed by atoms with Crippen molar-refractivity contribution in [1.82, 2.24) is 14.7 Å². The van der Waals surface area contributed by atoms with Crippen LogP contribution in [0.15, 0.2) is 57.9 Å². The predicted octanol–water partition coefficient (Wildman–Crippen LogP) is 2.21. The van der Waals surface area contributed by atoms with Gasteiger partial charge in [0, 0.05) is 29.3 Å². The molecule has 2 aromatic heterocycles. The molecule has 0 aliphatic heterocycles. The van der Waals surface area contributed by atoms with Gasteiger partial charge in [0.25, 0.3) is 5.91 Å². The van der Waals surface area contributed by atoms with Crippen LogP contribution in [0.1, 0.15) is 10.4 Å². The summed E-state index contributed by atoms with van der Waals surface area (Å²) >= 11 is 3.29. The molecule has 0 aliphatic rings. The first kappa shape index (κ1) is 18.5. The lowest BCUT2D eigenvalue weighted by Gasteiger charge is -2.09. The average Bonchev–Trinajstić information content (AvgIpc) is 2.65. The van der Waals surface area contributed by atoms with Crippen molar-refractivity contribution in [2.75, 3.05) is 18.4 Å². The van der Waals surface area contributed by atoms with Crippen molar-refractivity contribution >= 4 is 39.0 Å². The third kappa shape index (κ3) is 4.11. The van der Waals surface area contributed by atoms with E-state index in [0.717, 1.165) is 8.87 Å². The average molecular weight is 432 g/mol. The van der Waals surface area contributed by atoms with Crippen molar-refractivity contribution in [3.63, 3.8) is 0 Å². The molecule has 2 N–H and O–H groups in total. The summed E-state index contributed by atoms with van der Waals surface area (Å²) in [5.74, 6) is -0.403. The predicted molar refractivity (Wildman–Crippen MR) is 103 cm³/mol. The zero-order chi connectivity index (χ0) is 19.4. The van der Waals surface area contributed by atoms with Crippen LogP contribution in [0.2, 0.25) is 0 Å². The Hall–Kier alpha value is -3.27. The zero-order valence-corrected chi connectivity index (χ0v) is 15.5. The molecule has 0 saturated carbocycles. The van der Waals surface area contributed by atoms with Crippen LogP contribution in [0.25, 0.3) is 5.65 Å². The van der Waals surface area contributed by atoms with E-state index in [1.165, 1.54) is 6.20 Å². The second-order valence-electron chi connectivity index (χ2n) is 5.49. The maximum atomic E-state index is 12.3. The molecule has 9 nitrogen and oxygen atoms in total. The monoisotopic (exact) mass is 431 g/mol. The van der Waals surface area contributed by atoms with Gasteiger partial charge in [0.15, 0.2) is 0 Å². The molecular formula is C17H14BrN5O4. The van der Waals surface area contributed by atoms with E-state index in [9.17, 15) is 19.7 Å². The Morgan fingerprint density at radius 1 is 1.19 bits per heavy atom. The van der Waals surface area contributed by atoms with Crippen molar-refractivity contribution in [1.29, 1.82) is 0 Å². The second kappa shape index (κ2) is 7.96. The maximum Gasteiger partial charge on any atom is 0.376 e. The minimum atomic E-state index is -0.771. The van der Waals surface area contributed by atoms with Crippen LogP contribution in [-0.2, 0) is 0 Å². The van der Waals surface area contributed by atoms with Gasteiger partial charge in [0.1, 0.15) is 5.65 Å². The molecule has 0 atom stereocenters. The molecule has 10 heteroatoms. The number of carbonyl (C=O) groups excluding carboxylic acids is 1. The quantitative estimate of drug-likeness (QED) is 0.350. The molecule has 0 radical (unpaired) electrons. The van der Waals surface area contributed by atoms with E-state index in [0.29, 0.717) is 5.56 Å². The van der Waals surface area contributed by atoms with Crippen LogP contribution in [0.5, 0.6) is 0 Å². The highest BCUT2D eigenvalue weighted by molar-refractivity contribution is 9.10. The summed E-state index contributed by atoms with van der Waals surface area (Å²) in [6.45, 7) is 0.362. The number of pyridine rings is 1. The smallest absolute Gasteiger partial charge is 0.362 e. The largest absolute Gasteiger partial charge is 0.376 e. The van der Waals surface area contributed by atoms with Crippen LogP contribution in [0, 0.1) is 10.1 Å². The van der Waals surface area contributed by atoms with E-state index < -0.39 is 16.2 Å². The van der Waals surface area contributed by atoms with Gasteiger partial charge in [-0.1, -0.05) is 22.0 Å². The van der Waals surface area contributed by atoms with Crippen molar-refractivity contribution in [2.24, 2.45) is 0 Å². The number of anilines is 1. The fourth-order valence-corrected chi connectivity index (χ4v) is 2.69. The summed E-state index contributed by atoms with van der Waals surface area (Å²) in [4.78, 5) is 39.0. The first-order chi connectivity index (χ1) is 13.0. The lowest BCUT2D eigenvalue weighted by atomic mass is 10.2.